The van der Waals surface area contributed by atoms with Crippen molar-refractivity contribution in [2.24, 2.45) is 5.73 Å². The number of hydrogen-bond donors (Lipinski definition) is 2. The summed E-state index contributed by atoms with van der Waals surface area (Å²) in [4.78, 5) is 31.9. The van der Waals surface area contributed by atoms with Crippen LogP contribution in [0.15, 0.2) is 91.1 Å². The fraction of sp³-hybridized carbons (Fsp3) is 0.188. The Hall–Kier alpha value is -4.82. The second-order valence-corrected chi connectivity index (χ2v) is 9.86. The third-order valence-corrected chi connectivity index (χ3v) is 7.12. The molecule has 4 aromatic carbocycles. The van der Waals surface area contributed by atoms with Crippen molar-refractivity contribution in [1.82, 2.24) is 4.57 Å². The highest BCUT2D eigenvalue weighted by Crippen LogP contribution is 2.45. The average molecular weight is 535 g/mol. The van der Waals surface area contributed by atoms with Crippen LogP contribution >= 0.6 is 0 Å². The summed E-state index contributed by atoms with van der Waals surface area (Å²) >= 11 is 0. The maximum atomic E-state index is 13.7. The van der Waals surface area contributed by atoms with E-state index in [1.165, 1.54) is 12.0 Å². The minimum Gasteiger partial charge on any atom is -0.489 e. The van der Waals surface area contributed by atoms with E-state index in [2.05, 4.69) is 9.88 Å². The van der Waals surface area contributed by atoms with E-state index in [9.17, 15) is 9.59 Å². The van der Waals surface area contributed by atoms with Gasteiger partial charge in [0.25, 0.3) is 5.91 Å². The zero-order valence-corrected chi connectivity index (χ0v) is 22.2. The number of anilines is 2. The van der Waals surface area contributed by atoms with Crippen molar-refractivity contribution in [3.05, 3.63) is 102 Å². The largest absolute Gasteiger partial charge is 0.489 e. The van der Waals surface area contributed by atoms with Crippen molar-refractivity contribution in [3.63, 3.8) is 0 Å². The van der Waals surface area contributed by atoms with Crippen molar-refractivity contribution in [2.45, 2.75) is 32.5 Å². The summed E-state index contributed by atoms with van der Waals surface area (Å²) in [5, 5.41) is 7.18. The normalized spacial score (nSPS) is 14.7. The second-order valence-electron chi connectivity index (χ2n) is 9.86. The minimum absolute atomic E-state index is 0.294. The summed E-state index contributed by atoms with van der Waals surface area (Å²) in [5.41, 5.74) is 9.75. The maximum Gasteiger partial charge on any atom is 0.329 e. The molecule has 8 heteroatoms. The molecule has 6 rings (SSSR count). The second kappa shape index (κ2) is 10.7. The molecule has 0 saturated carbocycles. The third kappa shape index (κ3) is 4.74. The molecule has 1 aliphatic heterocycles. The van der Waals surface area contributed by atoms with E-state index in [0.29, 0.717) is 42.4 Å². The van der Waals surface area contributed by atoms with Gasteiger partial charge in [0, 0.05) is 41.5 Å². The Morgan fingerprint density at radius 2 is 1.77 bits per heavy atom. The number of nitrogens with zero attached hydrogens (tertiary/aromatic N) is 2. The molecule has 2 heterocycles. The van der Waals surface area contributed by atoms with Gasteiger partial charge < -0.3 is 25.2 Å². The number of nitrogens with one attached hydrogen (secondary N) is 1. The van der Waals surface area contributed by atoms with Gasteiger partial charge in [-0.3, -0.25) is 9.59 Å². The first kappa shape index (κ1) is 25.5. The molecule has 1 amide bonds. The maximum absolute atomic E-state index is 13.7. The van der Waals surface area contributed by atoms with E-state index < -0.39 is 12.0 Å². The summed E-state index contributed by atoms with van der Waals surface area (Å²) in [5.74, 6) is -0.134. The highest BCUT2D eigenvalue weighted by Gasteiger charge is 2.39. The fourth-order valence-electron chi connectivity index (χ4n) is 5.33. The van der Waals surface area contributed by atoms with E-state index in [1.54, 1.807) is 0 Å². The van der Waals surface area contributed by atoms with E-state index in [-0.39, 0.29) is 5.91 Å². The van der Waals surface area contributed by atoms with Gasteiger partial charge >= 0.3 is 5.97 Å². The number of carbonyl (C=O) groups excluding carboxylic acids is 2. The van der Waals surface area contributed by atoms with Gasteiger partial charge in [-0.15, -0.1) is 0 Å². The predicted octanol–water partition coefficient (Wildman–Crippen LogP) is 5.70. The van der Waals surface area contributed by atoms with Crippen LogP contribution in [0.3, 0.4) is 0 Å². The molecule has 0 fully saturated rings. The molecular formula is C32H30N4O4. The lowest BCUT2D eigenvalue weighted by Crippen LogP contribution is -2.42. The van der Waals surface area contributed by atoms with Gasteiger partial charge in [0.05, 0.1) is 5.69 Å². The summed E-state index contributed by atoms with van der Waals surface area (Å²) in [6.07, 6.45) is 2.73. The number of hydrogen-bond acceptors (Lipinski definition) is 6. The van der Waals surface area contributed by atoms with Crippen LogP contribution in [0.1, 0.15) is 30.5 Å². The monoisotopic (exact) mass is 534 g/mol. The molecule has 202 valence electrons. The predicted molar refractivity (Wildman–Crippen MR) is 156 cm³/mol. The van der Waals surface area contributed by atoms with E-state index in [0.717, 1.165) is 33.7 Å². The molecular weight excluding hydrogens is 504 g/mol. The van der Waals surface area contributed by atoms with Crippen LogP contribution in [0.25, 0.3) is 21.7 Å². The van der Waals surface area contributed by atoms with Crippen LogP contribution in [0, 0.1) is 0 Å². The highest BCUT2D eigenvalue weighted by atomic mass is 16.7. The topological polar surface area (TPSA) is 98.8 Å². The van der Waals surface area contributed by atoms with Crippen molar-refractivity contribution >= 4 is 44.9 Å². The summed E-state index contributed by atoms with van der Waals surface area (Å²) in [6, 6.07) is 26.5. The Labute approximate surface area is 231 Å². The first-order valence-electron chi connectivity index (χ1n) is 13.3. The molecule has 1 atom stereocenters. The van der Waals surface area contributed by atoms with Crippen LogP contribution in [0.4, 0.5) is 11.4 Å². The highest BCUT2D eigenvalue weighted by molar-refractivity contribution is 6.12. The third-order valence-electron chi connectivity index (χ3n) is 7.12. The van der Waals surface area contributed by atoms with Gasteiger partial charge in [0.15, 0.2) is 6.04 Å². The number of nitrogens with two attached hydrogens (primary N) is 1. The molecule has 0 radical (unpaired) electrons. The molecule has 0 spiro atoms. The van der Waals surface area contributed by atoms with Gasteiger partial charge in [0.2, 0.25) is 0 Å². The first-order valence-corrected chi connectivity index (χ1v) is 13.3. The summed E-state index contributed by atoms with van der Waals surface area (Å²) in [6.45, 7) is 2.97. The van der Waals surface area contributed by atoms with Crippen molar-refractivity contribution in [2.75, 3.05) is 16.9 Å². The Balaban J connectivity index is 1.49. The molecule has 5 aromatic rings. The lowest BCUT2D eigenvalue weighted by atomic mass is 9.98. The van der Waals surface area contributed by atoms with Gasteiger partial charge in [-0.2, -0.15) is 5.06 Å². The van der Waals surface area contributed by atoms with E-state index in [4.69, 9.17) is 15.3 Å². The van der Waals surface area contributed by atoms with Crippen LogP contribution < -0.4 is 20.9 Å². The average Bonchev–Trinajstić information content (AvgIpc) is 3.32. The molecule has 1 unspecified atom stereocenters. The van der Waals surface area contributed by atoms with Crippen molar-refractivity contribution in [3.8, 4) is 5.75 Å². The molecule has 8 nitrogen and oxygen atoms in total. The molecule has 0 aliphatic carbocycles. The van der Waals surface area contributed by atoms with Gasteiger partial charge in [-0.1, -0.05) is 60.7 Å². The molecule has 1 aromatic heterocycles. The number of hydroxylamine groups is 1. The fourth-order valence-corrected chi connectivity index (χ4v) is 5.33. The number of benzene rings is 4. The van der Waals surface area contributed by atoms with E-state index in [1.807, 2.05) is 91.1 Å². The molecule has 40 heavy (non-hydrogen) atoms. The number of rotatable bonds is 8. The molecule has 0 saturated heterocycles. The standard InChI is InChI=1S/C32H30N4O4/c1-21(37)40-36-30-25-11-6-5-10-23(25)12-14-28(30)34-32(38)31(36)27-19-35(17-7-16-33)29-15-13-24(18-26(27)29)39-20-22-8-3-2-4-9-22/h2-6,8-15,18-19,31H,7,16-17,20,33H2,1H3,(H,34,38). The van der Waals surface area contributed by atoms with Gasteiger partial charge in [0.1, 0.15) is 18.0 Å². The Bertz CT molecular complexity index is 1710. The van der Waals surface area contributed by atoms with Crippen LogP contribution in [-0.2, 0) is 27.6 Å². The number of aromatic nitrogens is 1. The molecule has 3 N–H and O–H groups in total. The number of ether oxygens (including phenoxy) is 1. The smallest absolute Gasteiger partial charge is 0.329 e. The van der Waals surface area contributed by atoms with Crippen LogP contribution in [-0.4, -0.2) is 23.0 Å². The minimum atomic E-state index is -0.923. The number of carbonyl (C=O) groups is 2. The van der Waals surface area contributed by atoms with Gasteiger partial charge in [-0.05, 0) is 48.2 Å². The number of fused-ring (bicyclic) bond motifs is 4. The SMILES string of the molecule is CC(=O)ON1c2c(ccc3ccccc23)NC(=O)C1c1cn(CCCN)c2ccc(OCc3ccccc3)cc12. The lowest BCUT2D eigenvalue weighted by molar-refractivity contribution is -0.144. The van der Waals surface area contributed by atoms with E-state index >= 15 is 0 Å². The Morgan fingerprint density at radius 3 is 2.58 bits per heavy atom. The van der Waals surface area contributed by atoms with Crippen LogP contribution in [0.2, 0.25) is 0 Å². The zero-order valence-electron chi connectivity index (χ0n) is 22.2. The van der Waals surface area contributed by atoms with Gasteiger partial charge in [-0.25, -0.2) is 0 Å². The molecule has 1 aliphatic rings. The summed E-state index contributed by atoms with van der Waals surface area (Å²) in [7, 11) is 0. The quantitative estimate of drug-likeness (QED) is 0.265. The van der Waals surface area contributed by atoms with Crippen molar-refractivity contribution < 1.29 is 19.2 Å². The van der Waals surface area contributed by atoms with Crippen molar-refractivity contribution in [1.29, 1.82) is 0 Å². The Kier molecular flexibility index (Phi) is 6.84. The number of aryl methyl sites for hydroxylation is 1. The Morgan fingerprint density at radius 1 is 0.975 bits per heavy atom. The molecule has 0 bridgehead atoms. The first-order chi connectivity index (χ1) is 19.5. The summed E-state index contributed by atoms with van der Waals surface area (Å²) < 4.78 is 8.23. The van der Waals surface area contributed by atoms with Crippen LogP contribution in [0.5, 0.6) is 5.75 Å². The zero-order chi connectivity index (χ0) is 27.6. The lowest BCUT2D eigenvalue weighted by Gasteiger charge is -2.36. The number of amides is 1.